The summed E-state index contributed by atoms with van der Waals surface area (Å²) in [6, 6.07) is 32.8. The first kappa shape index (κ1) is 23.7. The molecule has 35 heavy (non-hydrogen) atoms. The van der Waals surface area contributed by atoms with E-state index in [0.717, 1.165) is 16.8 Å². The van der Waals surface area contributed by atoms with Crippen LogP contribution in [0.3, 0.4) is 0 Å². The van der Waals surface area contributed by atoms with Crippen molar-refractivity contribution in [1.82, 2.24) is 15.2 Å². The second-order valence-corrected chi connectivity index (χ2v) is 7.96. The van der Waals surface area contributed by atoms with E-state index in [9.17, 15) is 9.59 Å². The van der Waals surface area contributed by atoms with Gasteiger partial charge in [0.2, 0.25) is 5.91 Å². The standard InChI is InChI=1S/C29H27N3O3/c33-27(22-35-26-17-8-3-9-18-26)32(21-23-12-4-1-5-13-23)28(24-14-6-2-7-15-24)29(34)31-20-25-16-10-11-19-30-25/h1-19,28H,20-22H2,(H,31,34)/t28-/m0/s1. The Balaban J connectivity index is 1.61. The van der Waals surface area contributed by atoms with Gasteiger partial charge in [-0.1, -0.05) is 84.9 Å². The van der Waals surface area contributed by atoms with Crippen LogP contribution >= 0.6 is 0 Å². The molecule has 0 spiro atoms. The van der Waals surface area contributed by atoms with Crippen LogP contribution in [0.1, 0.15) is 22.9 Å². The number of amides is 2. The van der Waals surface area contributed by atoms with Gasteiger partial charge in [-0.15, -0.1) is 0 Å². The molecule has 3 aromatic carbocycles. The number of carbonyl (C=O) groups is 2. The summed E-state index contributed by atoms with van der Waals surface area (Å²) in [6.45, 7) is 0.332. The number of rotatable bonds is 10. The summed E-state index contributed by atoms with van der Waals surface area (Å²) < 4.78 is 5.75. The van der Waals surface area contributed by atoms with Gasteiger partial charge in [0, 0.05) is 12.7 Å². The molecule has 4 rings (SSSR count). The maximum absolute atomic E-state index is 13.6. The highest BCUT2D eigenvalue weighted by Crippen LogP contribution is 2.24. The lowest BCUT2D eigenvalue weighted by atomic mass is 10.0. The van der Waals surface area contributed by atoms with E-state index in [2.05, 4.69) is 10.3 Å². The molecule has 0 aliphatic carbocycles. The molecule has 0 radical (unpaired) electrons. The van der Waals surface area contributed by atoms with Crippen molar-refractivity contribution in [1.29, 1.82) is 0 Å². The molecule has 2 amide bonds. The molecule has 176 valence electrons. The molecule has 1 heterocycles. The Hall–Kier alpha value is -4.45. The van der Waals surface area contributed by atoms with Crippen molar-refractivity contribution in [2.24, 2.45) is 0 Å². The molecule has 6 nitrogen and oxygen atoms in total. The first-order valence-electron chi connectivity index (χ1n) is 11.4. The number of pyridine rings is 1. The Morgan fingerprint density at radius 2 is 1.43 bits per heavy atom. The van der Waals surface area contributed by atoms with Crippen LogP contribution < -0.4 is 10.1 Å². The number of nitrogens with one attached hydrogen (secondary N) is 1. The maximum Gasteiger partial charge on any atom is 0.261 e. The first-order chi connectivity index (χ1) is 17.2. The summed E-state index contributed by atoms with van der Waals surface area (Å²) >= 11 is 0. The van der Waals surface area contributed by atoms with Gasteiger partial charge in [-0.25, -0.2) is 0 Å². The first-order valence-corrected chi connectivity index (χ1v) is 11.4. The maximum atomic E-state index is 13.6. The van der Waals surface area contributed by atoms with E-state index in [1.165, 1.54) is 0 Å². The van der Waals surface area contributed by atoms with Crippen LogP contribution in [0.25, 0.3) is 0 Å². The Morgan fingerprint density at radius 1 is 0.800 bits per heavy atom. The van der Waals surface area contributed by atoms with Crippen LogP contribution in [0.2, 0.25) is 0 Å². The lowest BCUT2D eigenvalue weighted by Crippen LogP contribution is -2.45. The van der Waals surface area contributed by atoms with E-state index >= 15 is 0 Å². The normalized spacial score (nSPS) is 11.3. The van der Waals surface area contributed by atoms with E-state index < -0.39 is 6.04 Å². The number of carbonyl (C=O) groups excluding carboxylic acids is 2. The minimum absolute atomic E-state index is 0.187. The van der Waals surface area contributed by atoms with E-state index in [-0.39, 0.29) is 31.5 Å². The van der Waals surface area contributed by atoms with E-state index in [4.69, 9.17) is 4.74 Å². The molecule has 0 aliphatic heterocycles. The van der Waals surface area contributed by atoms with Gasteiger partial charge in [0.1, 0.15) is 11.8 Å². The minimum Gasteiger partial charge on any atom is -0.484 e. The van der Waals surface area contributed by atoms with Gasteiger partial charge in [0.05, 0.1) is 12.2 Å². The molecule has 0 saturated carbocycles. The van der Waals surface area contributed by atoms with Crippen molar-refractivity contribution in [3.8, 4) is 5.75 Å². The quantitative estimate of drug-likeness (QED) is 0.373. The number of hydrogen-bond donors (Lipinski definition) is 1. The fourth-order valence-electron chi connectivity index (χ4n) is 3.73. The van der Waals surface area contributed by atoms with Crippen LogP contribution in [-0.4, -0.2) is 28.3 Å². The van der Waals surface area contributed by atoms with Gasteiger partial charge in [0.25, 0.3) is 5.91 Å². The second kappa shape index (κ2) is 12.1. The Morgan fingerprint density at radius 3 is 2.09 bits per heavy atom. The SMILES string of the molecule is O=C(NCc1ccccn1)[C@H](c1ccccc1)N(Cc1ccccc1)C(=O)COc1ccccc1. The molecule has 0 unspecified atom stereocenters. The highest BCUT2D eigenvalue weighted by molar-refractivity contribution is 5.89. The van der Waals surface area contributed by atoms with Crippen LogP contribution in [0.5, 0.6) is 5.75 Å². The third-order valence-corrected chi connectivity index (χ3v) is 5.47. The molecule has 1 atom stereocenters. The zero-order valence-corrected chi connectivity index (χ0v) is 19.3. The molecule has 0 aliphatic rings. The lowest BCUT2D eigenvalue weighted by Gasteiger charge is -2.31. The number of nitrogens with zero attached hydrogens (tertiary/aromatic N) is 2. The highest BCUT2D eigenvalue weighted by Gasteiger charge is 2.31. The van der Waals surface area contributed by atoms with Gasteiger partial charge in [-0.3, -0.25) is 14.6 Å². The van der Waals surface area contributed by atoms with Crippen molar-refractivity contribution in [3.63, 3.8) is 0 Å². The minimum atomic E-state index is -0.841. The summed E-state index contributed by atoms with van der Waals surface area (Å²) in [5, 5.41) is 2.96. The topological polar surface area (TPSA) is 71.5 Å². The highest BCUT2D eigenvalue weighted by atomic mass is 16.5. The van der Waals surface area contributed by atoms with Crippen LogP contribution in [0.15, 0.2) is 115 Å². The van der Waals surface area contributed by atoms with Gasteiger partial charge < -0.3 is 15.0 Å². The Kier molecular flexibility index (Phi) is 8.22. The van der Waals surface area contributed by atoms with Crippen molar-refractivity contribution in [2.75, 3.05) is 6.61 Å². The van der Waals surface area contributed by atoms with Gasteiger partial charge in [-0.2, -0.15) is 0 Å². The fraction of sp³-hybridized carbons (Fsp3) is 0.138. The van der Waals surface area contributed by atoms with E-state index in [1.54, 1.807) is 23.2 Å². The smallest absolute Gasteiger partial charge is 0.261 e. The molecular formula is C29H27N3O3. The summed E-state index contributed by atoms with van der Waals surface area (Å²) in [6.07, 6.45) is 1.68. The van der Waals surface area contributed by atoms with E-state index in [1.807, 2.05) is 97.1 Å². The second-order valence-electron chi connectivity index (χ2n) is 7.96. The molecular weight excluding hydrogens is 438 g/mol. The van der Waals surface area contributed by atoms with Crippen molar-refractivity contribution >= 4 is 11.8 Å². The lowest BCUT2D eigenvalue weighted by molar-refractivity contribution is -0.143. The van der Waals surface area contributed by atoms with E-state index in [0.29, 0.717) is 5.75 Å². The Labute approximate surface area is 205 Å². The third kappa shape index (κ3) is 6.77. The van der Waals surface area contributed by atoms with Gasteiger partial charge >= 0.3 is 0 Å². The monoisotopic (exact) mass is 465 g/mol. The number of ether oxygens (including phenoxy) is 1. The molecule has 0 fully saturated rings. The average Bonchev–Trinajstić information content (AvgIpc) is 2.92. The molecule has 4 aromatic rings. The van der Waals surface area contributed by atoms with Crippen LogP contribution in [0, 0.1) is 0 Å². The fourth-order valence-corrected chi connectivity index (χ4v) is 3.73. The average molecular weight is 466 g/mol. The number of para-hydroxylation sites is 1. The Bertz CT molecular complexity index is 1200. The van der Waals surface area contributed by atoms with Crippen molar-refractivity contribution in [2.45, 2.75) is 19.1 Å². The van der Waals surface area contributed by atoms with Crippen molar-refractivity contribution < 1.29 is 14.3 Å². The van der Waals surface area contributed by atoms with Gasteiger partial charge in [0.15, 0.2) is 6.61 Å². The third-order valence-electron chi connectivity index (χ3n) is 5.47. The zero-order valence-electron chi connectivity index (χ0n) is 19.3. The molecule has 1 aromatic heterocycles. The predicted molar refractivity (Wildman–Crippen MR) is 134 cm³/mol. The summed E-state index contributed by atoms with van der Waals surface area (Å²) in [5.74, 6) is 0.0155. The van der Waals surface area contributed by atoms with Crippen molar-refractivity contribution in [3.05, 3.63) is 132 Å². The van der Waals surface area contributed by atoms with Gasteiger partial charge in [-0.05, 0) is 35.4 Å². The summed E-state index contributed by atoms with van der Waals surface area (Å²) in [7, 11) is 0. The zero-order chi connectivity index (χ0) is 24.3. The van der Waals surface area contributed by atoms with Crippen LogP contribution in [-0.2, 0) is 22.7 Å². The van der Waals surface area contributed by atoms with Crippen LogP contribution in [0.4, 0.5) is 0 Å². The molecule has 0 bridgehead atoms. The predicted octanol–water partition coefficient (Wildman–Crippen LogP) is 4.55. The number of benzene rings is 3. The summed E-state index contributed by atoms with van der Waals surface area (Å²) in [4.78, 5) is 32.9. The number of hydrogen-bond acceptors (Lipinski definition) is 4. The largest absolute Gasteiger partial charge is 0.484 e. The molecule has 1 N–H and O–H groups in total. The summed E-state index contributed by atoms with van der Waals surface area (Å²) in [5.41, 5.74) is 2.37. The number of aromatic nitrogens is 1. The molecule has 0 saturated heterocycles. The molecule has 6 heteroatoms.